The van der Waals surface area contributed by atoms with Crippen LogP contribution in [0.15, 0.2) is 24.8 Å². The Morgan fingerprint density at radius 3 is 2.32 bits per heavy atom. The average molecular weight is 258 g/mol. The van der Waals surface area contributed by atoms with Crippen molar-refractivity contribution in [3.63, 3.8) is 0 Å². The molecule has 19 heavy (non-hydrogen) atoms. The smallest absolute Gasteiger partial charge is 0.399 e. The number of fused-ring (bicyclic) bond motifs is 1. The lowest BCUT2D eigenvalue weighted by Gasteiger charge is -2.32. The monoisotopic (exact) mass is 258 g/mol. The quantitative estimate of drug-likeness (QED) is 0.733. The zero-order chi connectivity index (χ0) is 13.8. The number of hydrogen-bond acceptors (Lipinski definition) is 3. The fourth-order valence-corrected chi connectivity index (χ4v) is 2.37. The Hall–Kier alpha value is -1.33. The molecule has 0 N–H and O–H groups in total. The zero-order valence-electron chi connectivity index (χ0n) is 12.1. The third-order valence-electron chi connectivity index (χ3n) is 4.23. The summed E-state index contributed by atoms with van der Waals surface area (Å²) in [5.74, 6) is 0. The molecule has 1 aliphatic rings. The van der Waals surface area contributed by atoms with E-state index in [1.807, 2.05) is 24.0 Å². The third-order valence-corrected chi connectivity index (χ3v) is 4.23. The topological polar surface area (TPSA) is 36.3 Å². The average Bonchev–Trinajstić information content (AvgIpc) is 2.75. The first-order valence-electron chi connectivity index (χ1n) is 6.55. The highest BCUT2D eigenvalue weighted by Gasteiger charge is 2.52. The Labute approximate surface area is 113 Å². The number of pyridine rings is 1. The van der Waals surface area contributed by atoms with E-state index < -0.39 is 0 Å². The maximum atomic E-state index is 6.10. The van der Waals surface area contributed by atoms with Gasteiger partial charge >= 0.3 is 7.12 Å². The molecule has 0 aliphatic carbocycles. The van der Waals surface area contributed by atoms with Crippen molar-refractivity contribution in [3.05, 3.63) is 24.8 Å². The number of nitrogens with zero attached hydrogens (tertiary/aromatic N) is 2. The Morgan fingerprint density at radius 1 is 1.05 bits per heavy atom. The minimum Gasteiger partial charge on any atom is -0.399 e. The van der Waals surface area contributed by atoms with Gasteiger partial charge in [0.2, 0.25) is 0 Å². The van der Waals surface area contributed by atoms with E-state index >= 15 is 0 Å². The van der Waals surface area contributed by atoms with E-state index in [0.29, 0.717) is 0 Å². The van der Waals surface area contributed by atoms with Gasteiger partial charge in [-0.05, 0) is 27.7 Å². The Balaban J connectivity index is 2.07. The van der Waals surface area contributed by atoms with Gasteiger partial charge in [-0.2, -0.15) is 0 Å². The number of aromatic nitrogens is 2. The second kappa shape index (κ2) is 3.84. The van der Waals surface area contributed by atoms with Gasteiger partial charge in [0.1, 0.15) is 0 Å². The molecule has 1 saturated heterocycles. The van der Waals surface area contributed by atoms with Crippen LogP contribution in [-0.4, -0.2) is 27.9 Å². The van der Waals surface area contributed by atoms with Crippen LogP contribution in [0.1, 0.15) is 27.7 Å². The van der Waals surface area contributed by atoms with E-state index in [1.54, 1.807) is 0 Å². The molecule has 2 aromatic heterocycles. The van der Waals surface area contributed by atoms with Crippen molar-refractivity contribution in [3.8, 4) is 0 Å². The van der Waals surface area contributed by atoms with E-state index in [9.17, 15) is 0 Å². The molecule has 0 unspecified atom stereocenters. The Morgan fingerprint density at radius 2 is 1.68 bits per heavy atom. The number of rotatable bonds is 1. The van der Waals surface area contributed by atoms with E-state index in [2.05, 4.69) is 45.1 Å². The molecule has 0 aromatic carbocycles. The van der Waals surface area contributed by atoms with Gasteiger partial charge in [0, 0.05) is 48.1 Å². The molecule has 3 heterocycles. The van der Waals surface area contributed by atoms with Gasteiger partial charge in [0.15, 0.2) is 0 Å². The molecular formula is C14H19BN2O2. The van der Waals surface area contributed by atoms with E-state index in [0.717, 1.165) is 16.2 Å². The number of hydrogen-bond donors (Lipinski definition) is 0. The van der Waals surface area contributed by atoms with E-state index in [4.69, 9.17) is 9.31 Å². The van der Waals surface area contributed by atoms with Crippen molar-refractivity contribution in [1.82, 2.24) is 9.55 Å². The molecule has 4 nitrogen and oxygen atoms in total. The molecule has 0 radical (unpaired) electrons. The predicted molar refractivity (Wildman–Crippen MR) is 76.4 cm³/mol. The number of aryl methyl sites for hydroxylation is 1. The summed E-state index contributed by atoms with van der Waals surface area (Å²) >= 11 is 0. The predicted octanol–water partition coefficient (Wildman–Crippen LogP) is 1.87. The van der Waals surface area contributed by atoms with Crippen molar-refractivity contribution in [1.29, 1.82) is 0 Å². The van der Waals surface area contributed by atoms with Crippen LogP contribution in [0.25, 0.3) is 10.8 Å². The first-order valence-corrected chi connectivity index (χ1v) is 6.55. The molecule has 0 spiro atoms. The normalized spacial score (nSPS) is 21.2. The van der Waals surface area contributed by atoms with Gasteiger partial charge in [-0.25, -0.2) is 0 Å². The lowest BCUT2D eigenvalue weighted by Crippen LogP contribution is -2.41. The van der Waals surface area contributed by atoms with Gasteiger partial charge in [0.05, 0.1) is 11.2 Å². The lowest BCUT2D eigenvalue weighted by atomic mass is 9.78. The largest absolute Gasteiger partial charge is 0.497 e. The molecular weight excluding hydrogens is 239 g/mol. The SMILES string of the molecule is Cn1cc2cncc(B3OC(C)(C)C(C)(C)O3)c2c1. The fraction of sp³-hybridized carbons (Fsp3) is 0.500. The van der Waals surface area contributed by atoms with Crippen LogP contribution in [0.2, 0.25) is 0 Å². The molecule has 100 valence electrons. The summed E-state index contributed by atoms with van der Waals surface area (Å²) < 4.78 is 14.2. The second-order valence-electron chi connectivity index (χ2n) is 6.24. The molecule has 0 atom stereocenters. The molecule has 3 rings (SSSR count). The van der Waals surface area contributed by atoms with Crippen molar-refractivity contribution < 1.29 is 9.31 Å². The van der Waals surface area contributed by atoms with Crippen molar-refractivity contribution in [2.75, 3.05) is 0 Å². The summed E-state index contributed by atoms with van der Waals surface area (Å²) in [6.45, 7) is 8.24. The highest BCUT2D eigenvalue weighted by atomic mass is 16.7. The van der Waals surface area contributed by atoms with Crippen LogP contribution in [0.3, 0.4) is 0 Å². The summed E-state index contributed by atoms with van der Waals surface area (Å²) in [5, 5.41) is 2.24. The summed E-state index contributed by atoms with van der Waals surface area (Å²) in [6, 6.07) is 0. The van der Waals surface area contributed by atoms with Gasteiger partial charge in [0.25, 0.3) is 0 Å². The van der Waals surface area contributed by atoms with Gasteiger partial charge in [-0.3, -0.25) is 4.98 Å². The van der Waals surface area contributed by atoms with Crippen molar-refractivity contribution >= 4 is 23.4 Å². The summed E-state index contributed by atoms with van der Waals surface area (Å²) in [6.07, 6.45) is 7.84. The summed E-state index contributed by atoms with van der Waals surface area (Å²) in [4.78, 5) is 4.29. The standard InChI is InChI=1S/C14H19BN2O2/c1-13(2)14(3,4)19-15(18-13)12-7-16-6-10-8-17(5)9-11(10)12/h6-9H,1-5H3. The highest BCUT2D eigenvalue weighted by Crippen LogP contribution is 2.36. The van der Waals surface area contributed by atoms with E-state index in [-0.39, 0.29) is 18.3 Å². The van der Waals surface area contributed by atoms with Crippen LogP contribution >= 0.6 is 0 Å². The minimum atomic E-state index is -0.358. The van der Waals surface area contributed by atoms with Crippen molar-refractivity contribution in [2.24, 2.45) is 7.05 Å². The van der Waals surface area contributed by atoms with Crippen LogP contribution in [0.4, 0.5) is 0 Å². The van der Waals surface area contributed by atoms with Crippen LogP contribution < -0.4 is 5.46 Å². The van der Waals surface area contributed by atoms with Crippen LogP contribution in [0.5, 0.6) is 0 Å². The maximum Gasteiger partial charge on any atom is 0.497 e. The first kappa shape index (κ1) is 12.7. The fourth-order valence-electron chi connectivity index (χ4n) is 2.37. The van der Waals surface area contributed by atoms with Crippen molar-refractivity contribution in [2.45, 2.75) is 38.9 Å². The Bertz CT molecular complexity index is 617. The third kappa shape index (κ3) is 1.88. The molecule has 1 fully saturated rings. The summed E-state index contributed by atoms with van der Waals surface area (Å²) in [7, 11) is 1.65. The second-order valence-corrected chi connectivity index (χ2v) is 6.24. The molecule has 5 heteroatoms. The zero-order valence-corrected chi connectivity index (χ0v) is 12.1. The van der Waals surface area contributed by atoms with Gasteiger partial charge in [-0.1, -0.05) is 0 Å². The molecule has 2 aromatic rings. The van der Waals surface area contributed by atoms with E-state index in [1.165, 1.54) is 0 Å². The van der Waals surface area contributed by atoms with Gasteiger partial charge in [-0.15, -0.1) is 0 Å². The molecule has 1 aliphatic heterocycles. The Kier molecular flexibility index (Phi) is 2.56. The van der Waals surface area contributed by atoms with Gasteiger partial charge < -0.3 is 13.9 Å². The molecule has 0 saturated carbocycles. The first-order chi connectivity index (χ1) is 8.80. The van der Waals surface area contributed by atoms with Crippen LogP contribution in [0, 0.1) is 0 Å². The lowest BCUT2D eigenvalue weighted by molar-refractivity contribution is 0.00578. The minimum absolute atomic E-state index is 0.325. The highest BCUT2D eigenvalue weighted by molar-refractivity contribution is 6.65. The summed E-state index contributed by atoms with van der Waals surface area (Å²) in [5.41, 5.74) is 0.347. The maximum absolute atomic E-state index is 6.10. The molecule has 0 bridgehead atoms. The molecule has 0 amide bonds. The van der Waals surface area contributed by atoms with Crippen LogP contribution in [-0.2, 0) is 16.4 Å².